The molecule has 0 radical (unpaired) electrons. The minimum absolute atomic E-state index is 0.0361. The standard InChI is InChI=1S/C14H20ClNO/c1-14(10-16,12-6-8-17-9-7-12)11-2-4-13(15)5-3-11/h2-5,12H,6-10,16H2,1H3. The highest BCUT2D eigenvalue weighted by Gasteiger charge is 2.35. The molecule has 1 atom stereocenters. The van der Waals surface area contributed by atoms with Gasteiger partial charge in [-0.2, -0.15) is 0 Å². The predicted octanol–water partition coefficient (Wildman–Crippen LogP) is 2.98. The normalized spacial score (nSPS) is 21.1. The van der Waals surface area contributed by atoms with E-state index in [1.165, 1.54) is 5.56 Å². The molecule has 1 fully saturated rings. The van der Waals surface area contributed by atoms with Crippen molar-refractivity contribution in [1.29, 1.82) is 0 Å². The molecule has 2 rings (SSSR count). The van der Waals surface area contributed by atoms with Crippen molar-refractivity contribution in [2.24, 2.45) is 11.7 Å². The minimum Gasteiger partial charge on any atom is -0.381 e. The number of hydrogen-bond donors (Lipinski definition) is 1. The largest absolute Gasteiger partial charge is 0.381 e. The van der Waals surface area contributed by atoms with Gasteiger partial charge in [0.05, 0.1) is 0 Å². The van der Waals surface area contributed by atoms with Gasteiger partial charge in [0.25, 0.3) is 0 Å². The van der Waals surface area contributed by atoms with Gasteiger partial charge in [-0.25, -0.2) is 0 Å². The van der Waals surface area contributed by atoms with Crippen molar-refractivity contribution in [1.82, 2.24) is 0 Å². The molecule has 1 aliphatic heterocycles. The average molecular weight is 254 g/mol. The van der Waals surface area contributed by atoms with E-state index in [2.05, 4.69) is 19.1 Å². The number of benzene rings is 1. The maximum absolute atomic E-state index is 6.03. The molecule has 1 saturated heterocycles. The minimum atomic E-state index is 0.0361. The number of halogens is 1. The summed E-state index contributed by atoms with van der Waals surface area (Å²) >= 11 is 5.94. The number of hydrogen-bond acceptors (Lipinski definition) is 2. The summed E-state index contributed by atoms with van der Waals surface area (Å²) < 4.78 is 5.43. The predicted molar refractivity (Wildman–Crippen MR) is 71.4 cm³/mol. The summed E-state index contributed by atoms with van der Waals surface area (Å²) in [7, 11) is 0. The van der Waals surface area contributed by atoms with Gasteiger partial charge in [0.1, 0.15) is 0 Å². The fourth-order valence-corrected chi connectivity index (χ4v) is 2.81. The topological polar surface area (TPSA) is 35.2 Å². The van der Waals surface area contributed by atoms with Crippen molar-refractivity contribution < 1.29 is 4.74 Å². The van der Waals surface area contributed by atoms with E-state index in [9.17, 15) is 0 Å². The Bertz CT molecular complexity index is 359. The van der Waals surface area contributed by atoms with Crippen molar-refractivity contribution in [2.75, 3.05) is 19.8 Å². The van der Waals surface area contributed by atoms with Crippen LogP contribution in [-0.4, -0.2) is 19.8 Å². The first-order chi connectivity index (χ1) is 8.16. The summed E-state index contributed by atoms with van der Waals surface area (Å²) in [5.74, 6) is 0.599. The first kappa shape index (κ1) is 12.9. The summed E-state index contributed by atoms with van der Waals surface area (Å²) in [5, 5.41) is 0.778. The SMILES string of the molecule is CC(CN)(c1ccc(Cl)cc1)C1CCOCC1. The molecule has 0 aliphatic carbocycles. The van der Waals surface area contributed by atoms with Gasteiger partial charge in [-0.3, -0.25) is 0 Å². The Morgan fingerprint density at radius 2 is 1.88 bits per heavy atom. The van der Waals surface area contributed by atoms with E-state index in [-0.39, 0.29) is 5.41 Å². The van der Waals surface area contributed by atoms with Crippen molar-refractivity contribution in [2.45, 2.75) is 25.2 Å². The smallest absolute Gasteiger partial charge is 0.0469 e. The first-order valence-corrected chi connectivity index (χ1v) is 6.58. The Hall–Kier alpha value is -0.570. The third-order valence-corrected chi connectivity index (χ3v) is 4.30. The van der Waals surface area contributed by atoms with Gasteiger partial charge in [0.2, 0.25) is 0 Å². The quantitative estimate of drug-likeness (QED) is 0.899. The third-order valence-electron chi connectivity index (χ3n) is 4.05. The Morgan fingerprint density at radius 1 is 1.29 bits per heavy atom. The van der Waals surface area contributed by atoms with Gasteiger partial charge >= 0.3 is 0 Å². The van der Waals surface area contributed by atoms with Gasteiger partial charge < -0.3 is 10.5 Å². The van der Waals surface area contributed by atoms with Crippen molar-refractivity contribution >= 4 is 11.6 Å². The lowest BCUT2D eigenvalue weighted by Gasteiger charge is -2.39. The Balaban J connectivity index is 2.25. The monoisotopic (exact) mass is 253 g/mol. The van der Waals surface area contributed by atoms with E-state index in [1.54, 1.807) is 0 Å². The number of nitrogens with two attached hydrogens (primary N) is 1. The zero-order valence-electron chi connectivity index (χ0n) is 10.3. The lowest BCUT2D eigenvalue weighted by Crippen LogP contribution is -2.42. The van der Waals surface area contributed by atoms with Gasteiger partial charge in [-0.1, -0.05) is 30.7 Å². The van der Waals surface area contributed by atoms with Crippen LogP contribution >= 0.6 is 11.6 Å². The van der Waals surface area contributed by atoms with E-state index >= 15 is 0 Å². The molecule has 2 nitrogen and oxygen atoms in total. The summed E-state index contributed by atoms with van der Waals surface area (Å²) in [6, 6.07) is 8.10. The Kier molecular flexibility index (Phi) is 4.08. The van der Waals surface area contributed by atoms with Crippen LogP contribution < -0.4 is 5.73 Å². The second-order valence-electron chi connectivity index (χ2n) is 5.02. The molecule has 1 unspecified atom stereocenters. The van der Waals surface area contributed by atoms with Crippen molar-refractivity contribution in [3.8, 4) is 0 Å². The Labute approximate surface area is 108 Å². The van der Waals surface area contributed by atoms with Crippen molar-refractivity contribution in [3.63, 3.8) is 0 Å². The van der Waals surface area contributed by atoms with E-state index in [1.807, 2.05) is 12.1 Å². The summed E-state index contributed by atoms with van der Waals surface area (Å²) in [5.41, 5.74) is 7.36. The van der Waals surface area contributed by atoms with Crippen LogP contribution in [0.5, 0.6) is 0 Å². The fourth-order valence-electron chi connectivity index (χ4n) is 2.69. The fraction of sp³-hybridized carbons (Fsp3) is 0.571. The molecule has 1 heterocycles. The van der Waals surface area contributed by atoms with E-state index in [4.69, 9.17) is 22.1 Å². The van der Waals surface area contributed by atoms with Crippen LogP contribution in [0, 0.1) is 5.92 Å². The molecule has 0 aromatic heterocycles. The molecular formula is C14H20ClNO. The molecule has 1 aliphatic rings. The summed E-state index contributed by atoms with van der Waals surface area (Å²) in [4.78, 5) is 0. The zero-order valence-corrected chi connectivity index (χ0v) is 11.0. The van der Waals surface area contributed by atoms with Crippen LogP contribution in [0.2, 0.25) is 5.02 Å². The molecule has 0 amide bonds. The number of rotatable bonds is 3. The highest BCUT2D eigenvalue weighted by Crippen LogP contribution is 2.37. The van der Waals surface area contributed by atoms with E-state index in [0.29, 0.717) is 12.5 Å². The molecular weight excluding hydrogens is 234 g/mol. The molecule has 2 N–H and O–H groups in total. The lowest BCUT2D eigenvalue weighted by atomic mass is 9.69. The average Bonchev–Trinajstić information content (AvgIpc) is 2.40. The molecule has 1 aromatic carbocycles. The van der Waals surface area contributed by atoms with Crippen LogP contribution in [0.15, 0.2) is 24.3 Å². The van der Waals surface area contributed by atoms with Crippen LogP contribution in [0.3, 0.4) is 0 Å². The lowest BCUT2D eigenvalue weighted by molar-refractivity contribution is 0.0417. The molecule has 0 spiro atoms. The molecule has 94 valence electrons. The van der Waals surface area contributed by atoms with Crippen molar-refractivity contribution in [3.05, 3.63) is 34.9 Å². The molecule has 0 saturated carbocycles. The highest BCUT2D eigenvalue weighted by molar-refractivity contribution is 6.30. The Morgan fingerprint density at radius 3 is 2.41 bits per heavy atom. The zero-order chi connectivity index (χ0) is 12.3. The molecule has 1 aromatic rings. The first-order valence-electron chi connectivity index (χ1n) is 6.20. The van der Waals surface area contributed by atoms with Gasteiger partial charge in [0.15, 0.2) is 0 Å². The van der Waals surface area contributed by atoms with Crippen LogP contribution in [-0.2, 0) is 10.2 Å². The third kappa shape index (κ3) is 2.65. The van der Waals surface area contributed by atoms with Crippen LogP contribution in [0.1, 0.15) is 25.3 Å². The summed E-state index contributed by atoms with van der Waals surface area (Å²) in [6.07, 6.45) is 2.19. The maximum atomic E-state index is 6.03. The maximum Gasteiger partial charge on any atom is 0.0469 e. The van der Waals surface area contributed by atoms with Crippen LogP contribution in [0.25, 0.3) is 0 Å². The second-order valence-corrected chi connectivity index (χ2v) is 5.45. The van der Waals surface area contributed by atoms with Gasteiger partial charge in [0, 0.05) is 30.2 Å². The number of ether oxygens (including phenoxy) is 1. The van der Waals surface area contributed by atoms with Gasteiger partial charge in [-0.15, -0.1) is 0 Å². The molecule has 17 heavy (non-hydrogen) atoms. The van der Waals surface area contributed by atoms with E-state index in [0.717, 1.165) is 31.1 Å². The summed E-state index contributed by atoms with van der Waals surface area (Å²) in [6.45, 7) is 4.63. The molecule has 3 heteroatoms. The highest BCUT2D eigenvalue weighted by atomic mass is 35.5. The molecule has 0 bridgehead atoms. The van der Waals surface area contributed by atoms with Gasteiger partial charge in [-0.05, 0) is 36.5 Å². The van der Waals surface area contributed by atoms with E-state index < -0.39 is 0 Å². The second kappa shape index (κ2) is 5.38. The van der Waals surface area contributed by atoms with Crippen LogP contribution in [0.4, 0.5) is 0 Å².